The molecule has 0 radical (unpaired) electrons. The summed E-state index contributed by atoms with van der Waals surface area (Å²) in [6, 6.07) is 2.52. The predicted octanol–water partition coefficient (Wildman–Crippen LogP) is 1.26. The van der Waals surface area contributed by atoms with Crippen molar-refractivity contribution in [1.29, 1.82) is 5.26 Å². The van der Waals surface area contributed by atoms with Crippen molar-refractivity contribution < 1.29 is 0 Å². The van der Waals surface area contributed by atoms with E-state index in [1.807, 2.05) is 5.01 Å². The molecule has 0 aromatic carbocycles. The van der Waals surface area contributed by atoms with E-state index in [1.165, 1.54) is 12.8 Å². The maximum atomic E-state index is 9.44. The third kappa shape index (κ3) is 0.528. The minimum atomic E-state index is -0.356. The molecule has 3 nitrogen and oxygen atoms in total. The van der Waals surface area contributed by atoms with Gasteiger partial charge in [-0.3, -0.25) is 5.84 Å². The second-order valence-corrected chi connectivity index (χ2v) is 5.79. The highest BCUT2D eigenvalue weighted by molar-refractivity contribution is 5.34. The van der Waals surface area contributed by atoms with Crippen LogP contribution in [0.15, 0.2) is 0 Å². The largest absolute Gasteiger partial charge is 0.267 e. The first kappa shape index (κ1) is 8.70. The summed E-state index contributed by atoms with van der Waals surface area (Å²) < 4.78 is 0. The summed E-state index contributed by atoms with van der Waals surface area (Å²) in [6.07, 6.45) is 3.46. The van der Waals surface area contributed by atoms with E-state index >= 15 is 0 Å². The lowest BCUT2D eigenvalue weighted by Crippen LogP contribution is -2.55. The maximum Gasteiger partial charge on any atom is 0.127 e. The van der Waals surface area contributed by atoms with Crippen LogP contribution in [-0.2, 0) is 0 Å². The molecule has 0 aromatic rings. The van der Waals surface area contributed by atoms with Crippen LogP contribution >= 0.6 is 0 Å². The molecule has 4 atom stereocenters. The molecule has 1 heterocycles. The van der Waals surface area contributed by atoms with Gasteiger partial charge >= 0.3 is 0 Å². The fourth-order valence-electron chi connectivity index (χ4n) is 4.57. The van der Waals surface area contributed by atoms with Gasteiger partial charge in [0.25, 0.3) is 0 Å². The number of nitrogens with zero attached hydrogens (tertiary/aromatic N) is 2. The maximum absolute atomic E-state index is 9.44. The first-order valence-corrected chi connectivity index (χ1v) is 5.44. The van der Waals surface area contributed by atoms with Crippen LogP contribution in [0.3, 0.4) is 0 Å². The Labute approximate surface area is 84.8 Å². The highest BCUT2D eigenvalue weighted by atomic mass is 15.5. The standard InChI is InChI=1S/C11H17N3/c1-9-7-14(13)11(6-12)5-8(9)3-4-10(9,11)2/h8H,3-5,7,13H2,1-2H3. The average Bonchev–Trinajstić information content (AvgIpc) is 2.56. The Balaban J connectivity index is 2.23. The van der Waals surface area contributed by atoms with Crippen LogP contribution in [0.2, 0.25) is 0 Å². The third-order valence-corrected chi connectivity index (χ3v) is 5.78. The molecule has 2 saturated carbocycles. The van der Waals surface area contributed by atoms with E-state index in [0.29, 0.717) is 0 Å². The number of nitriles is 1. The fraction of sp³-hybridized carbons (Fsp3) is 0.909. The Kier molecular flexibility index (Phi) is 1.24. The summed E-state index contributed by atoms with van der Waals surface area (Å²) in [7, 11) is 0. The smallest absolute Gasteiger partial charge is 0.127 e. The lowest BCUT2D eigenvalue weighted by molar-refractivity contribution is 0.0722. The summed E-state index contributed by atoms with van der Waals surface area (Å²) in [6.45, 7) is 5.51. The first-order valence-electron chi connectivity index (χ1n) is 5.44. The van der Waals surface area contributed by atoms with Crippen molar-refractivity contribution in [2.75, 3.05) is 6.54 Å². The number of hydrogen-bond acceptors (Lipinski definition) is 3. The number of hydrogen-bond donors (Lipinski definition) is 1. The number of hydrazine groups is 1. The van der Waals surface area contributed by atoms with Gasteiger partial charge in [-0.2, -0.15) is 5.26 Å². The number of rotatable bonds is 0. The van der Waals surface area contributed by atoms with Crippen LogP contribution in [0.1, 0.15) is 33.1 Å². The third-order valence-electron chi connectivity index (χ3n) is 5.78. The zero-order chi connectivity index (χ0) is 10.2. The molecule has 2 N–H and O–H groups in total. The molecule has 3 heteroatoms. The number of piperidine rings is 1. The van der Waals surface area contributed by atoms with Crippen LogP contribution in [0.5, 0.6) is 0 Å². The average molecular weight is 191 g/mol. The van der Waals surface area contributed by atoms with E-state index in [0.717, 1.165) is 18.9 Å². The van der Waals surface area contributed by atoms with Gasteiger partial charge in [-0.25, -0.2) is 5.01 Å². The first-order chi connectivity index (χ1) is 6.50. The van der Waals surface area contributed by atoms with Crippen LogP contribution in [0.25, 0.3) is 0 Å². The summed E-state index contributed by atoms with van der Waals surface area (Å²) in [5.74, 6) is 6.76. The SMILES string of the molecule is CC12CN(N)C3(C#N)CC1CCC23C. The Morgan fingerprint density at radius 1 is 1.50 bits per heavy atom. The predicted molar refractivity (Wildman–Crippen MR) is 52.8 cm³/mol. The molecule has 0 amide bonds. The Bertz CT molecular complexity index is 347. The van der Waals surface area contributed by atoms with Gasteiger partial charge in [0, 0.05) is 12.0 Å². The minimum Gasteiger partial charge on any atom is -0.267 e. The fourth-order valence-corrected chi connectivity index (χ4v) is 4.57. The number of nitrogens with two attached hydrogens (primary N) is 1. The van der Waals surface area contributed by atoms with Gasteiger partial charge in [-0.1, -0.05) is 13.8 Å². The van der Waals surface area contributed by atoms with Gasteiger partial charge in [0.15, 0.2) is 0 Å². The zero-order valence-electron chi connectivity index (χ0n) is 8.88. The molecule has 76 valence electrons. The Morgan fingerprint density at radius 2 is 2.21 bits per heavy atom. The van der Waals surface area contributed by atoms with Gasteiger partial charge in [-0.05, 0) is 30.6 Å². The van der Waals surface area contributed by atoms with Gasteiger partial charge in [0.05, 0.1) is 6.07 Å². The van der Waals surface area contributed by atoms with Gasteiger partial charge in [0.2, 0.25) is 0 Å². The Morgan fingerprint density at radius 3 is 2.71 bits per heavy atom. The molecule has 2 aliphatic carbocycles. The molecule has 3 aliphatic rings. The van der Waals surface area contributed by atoms with Crippen LogP contribution in [0.4, 0.5) is 0 Å². The van der Waals surface area contributed by atoms with Crippen molar-refractivity contribution in [1.82, 2.24) is 5.01 Å². The van der Waals surface area contributed by atoms with E-state index in [2.05, 4.69) is 19.9 Å². The zero-order valence-corrected chi connectivity index (χ0v) is 8.88. The normalized spacial score (nSPS) is 60.6. The van der Waals surface area contributed by atoms with E-state index < -0.39 is 0 Å². The highest BCUT2D eigenvalue weighted by Gasteiger charge is 2.77. The minimum absolute atomic E-state index is 0.133. The lowest BCUT2D eigenvalue weighted by Gasteiger charge is -2.40. The molecular formula is C11H17N3. The second-order valence-electron chi connectivity index (χ2n) is 5.79. The van der Waals surface area contributed by atoms with Crippen molar-refractivity contribution in [2.24, 2.45) is 22.6 Å². The molecule has 14 heavy (non-hydrogen) atoms. The van der Waals surface area contributed by atoms with Gasteiger partial charge in [0.1, 0.15) is 5.54 Å². The summed E-state index contributed by atoms with van der Waals surface area (Å²) in [5, 5.41) is 11.3. The van der Waals surface area contributed by atoms with Crippen LogP contribution in [-0.4, -0.2) is 17.1 Å². The van der Waals surface area contributed by atoms with E-state index in [9.17, 15) is 5.26 Å². The quantitative estimate of drug-likeness (QED) is 0.586. The second kappa shape index (κ2) is 2.00. The van der Waals surface area contributed by atoms with E-state index in [1.54, 1.807) is 0 Å². The van der Waals surface area contributed by atoms with Crippen molar-refractivity contribution in [3.8, 4) is 6.07 Å². The summed E-state index contributed by atoms with van der Waals surface area (Å²) in [4.78, 5) is 0. The van der Waals surface area contributed by atoms with Crippen LogP contribution < -0.4 is 5.84 Å². The van der Waals surface area contributed by atoms with Crippen molar-refractivity contribution in [3.63, 3.8) is 0 Å². The Hall–Kier alpha value is -0.590. The molecule has 3 fully saturated rings. The van der Waals surface area contributed by atoms with Crippen molar-refractivity contribution >= 4 is 0 Å². The van der Waals surface area contributed by atoms with Crippen molar-refractivity contribution in [2.45, 2.75) is 38.6 Å². The molecule has 3 rings (SSSR count). The van der Waals surface area contributed by atoms with Gasteiger partial charge in [-0.15, -0.1) is 0 Å². The monoisotopic (exact) mass is 191 g/mol. The molecule has 1 aliphatic heterocycles. The van der Waals surface area contributed by atoms with Crippen LogP contribution in [0, 0.1) is 28.1 Å². The molecule has 4 bridgehead atoms. The lowest BCUT2D eigenvalue weighted by atomic mass is 9.66. The molecule has 0 spiro atoms. The topological polar surface area (TPSA) is 53.0 Å². The molecule has 4 unspecified atom stereocenters. The molecule has 0 aromatic heterocycles. The summed E-state index contributed by atoms with van der Waals surface area (Å²) >= 11 is 0. The van der Waals surface area contributed by atoms with Crippen molar-refractivity contribution in [3.05, 3.63) is 0 Å². The highest BCUT2D eigenvalue weighted by Crippen LogP contribution is 2.74. The molecule has 1 saturated heterocycles. The molecular weight excluding hydrogens is 174 g/mol. The van der Waals surface area contributed by atoms with E-state index in [4.69, 9.17) is 5.84 Å². The van der Waals surface area contributed by atoms with E-state index in [-0.39, 0.29) is 16.4 Å². The summed E-state index contributed by atoms with van der Waals surface area (Å²) in [5.41, 5.74) is 0.0658. The van der Waals surface area contributed by atoms with Gasteiger partial charge < -0.3 is 0 Å².